The molecule has 8 heteroatoms. The van der Waals surface area contributed by atoms with E-state index in [4.69, 9.17) is 5.11 Å². The third-order valence-corrected chi connectivity index (χ3v) is 3.61. The van der Waals surface area contributed by atoms with Gasteiger partial charge in [0.1, 0.15) is 0 Å². The Morgan fingerprint density at radius 3 is 2.78 bits per heavy atom. The first-order valence-corrected chi connectivity index (χ1v) is 7.29. The smallest absolute Gasteiger partial charge is 0.326 e. The van der Waals surface area contributed by atoms with Crippen LogP contribution in [0.15, 0.2) is 29.1 Å². The van der Waals surface area contributed by atoms with Gasteiger partial charge in [0.15, 0.2) is 0 Å². The van der Waals surface area contributed by atoms with Gasteiger partial charge in [-0.3, -0.25) is 9.36 Å². The number of hydrogen-bond acceptors (Lipinski definition) is 3. The summed E-state index contributed by atoms with van der Waals surface area (Å²) in [5.41, 5.74) is 1.30. The molecule has 0 aliphatic heterocycles. The standard InChI is InChI=1S/C15H20N4O4/c1-10(13(20)21)9-18(2)14(22)16-7-8-19-12-6-4-3-5-11(12)17-15(19)23/h3-6,10H,7-9H2,1-2H3,(H,16,22)(H,17,23)(H,20,21). The highest BCUT2D eigenvalue weighted by Crippen LogP contribution is 2.08. The molecule has 0 radical (unpaired) electrons. The van der Waals surface area contributed by atoms with Crippen molar-refractivity contribution in [3.63, 3.8) is 0 Å². The van der Waals surface area contributed by atoms with Crippen LogP contribution in [0.4, 0.5) is 4.79 Å². The Bertz CT molecular complexity index is 764. The summed E-state index contributed by atoms with van der Waals surface area (Å²) >= 11 is 0. The van der Waals surface area contributed by atoms with Gasteiger partial charge in [-0.25, -0.2) is 9.59 Å². The molecule has 124 valence electrons. The van der Waals surface area contributed by atoms with Crippen molar-refractivity contribution in [2.75, 3.05) is 20.1 Å². The molecule has 0 bridgehead atoms. The number of para-hydroxylation sites is 2. The number of carboxylic acid groups (broad SMARTS) is 1. The normalized spacial score (nSPS) is 12.1. The van der Waals surface area contributed by atoms with E-state index < -0.39 is 11.9 Å². The van der Waals surface area contributed by atoms with Gasteiger partial charge in [-0.05, 0) is 12.1 Å². The molecular formula is C15H20N4O4. The largest absolute Gasteiger partial charge is 0.481 e. The van der Waals surface area contributed by atoms with E-state index in [1.54, 1.807) is 4.57 Å². The number of nitrogens with zero attached hydrogens (tertiary/aromatic N) is 2. The van der Waals surface area contributed by atoms with Crippen molar-refractivity contribution < 1.29 is 14.7 Å². The van der Waals surface area contributed by atoms with Crippen LogP contribution in [0.2, 0.25) is 0 Å². The number of fused-ring (bicyclic) bond motifs is 1. The number of carbonyl (C=O) groups excluding carboxylic acids is 1. The molecule has 8 nitrogen and oxygen atoms in total. The Kier molecular flexibility index (Phi) is 5.05. The van der Waals surface area contributed by atoms with Crippen LogP contribution in [0, 0.1) is 5.92 Å². The molecule has 1 heterocycles. The Labute approximate surface area is 132 Å². The maximum Gasteiger partial charge on any atom is 0.326 e. The van der Waals surface area contributed by atoms with Gasteiger partial charge < -0.3 is 20.3 Å². The van der Waals surface area contributed by atoms with Gasteiger partial charge in [-0.1, -0.05) is 19.1 Å². The maximum absolute atomic E-state index is 11.9. The third kappa shape index (κ3) is 3.91. The monoisotopic (exact) mass is 320 g/mol. The SMILES string of the molecule is CC(CN(C)C(=O)NCCn1c(=O)[nH]c2ccccc21)C(=O)O. The van der Waals surface area contributed by atoms with Crippen LogP contribution >= 0.6 is 0 Å². The lowest BCUT2D eigenvalue weighted by molar-refractivity contribution is -0.141. The van der Waals surface area contributed by atoms with Crippen molar-refractivity contribution in [2.45, 2.75) is 13.5 Å². The van der Waals surface area contributed by atoms with E-state index in [0.717, 1.165) is 11.0 Å². The van der Waals surface area contributed by atoms with Gasteiger partial charge in [0.05, 0.1) is 17.0 Å². The molecule has 0 saturated heterocycles. The fourth-order valence-corrected chi connectivity index (χ4v) is 2.31. The summed E-state index contributed by atoms with van der Waals surface area (Å²) in [5, 5.41) is 11.5. The summed E-state index contributed by atoms with van der Waals surface area (Å²) in [6.07, 6.45) is 0. The van der Waals surface area contributed by atoms with Gasteiger partial charge in [0.2, 0.25) is 0 Å². The Morgan fingerprint density at radius 2 is 2.09 bits per heavy atom. The Balaban J connectivity index is 1.91. The molecule has 3 N–H and O–H groups in total. The van der Waals surface area contributed by atoms with Gasteiger partial charge in [0, 0.05) is 26.7 Å². The molecule has 2 rings (SSSR count). The van der Waals surface area contributed by atoms with Crippen molar-refractivity contribution in [2.24, 2.45) is 5.92 Å². The molecule has 1 aromatic heterocycles. The summed E-state index contributed by atoms with van der Waals surface area (Å²) in [5.74, 6) is -1.59. The number of hydrogen-bond donors (Lipinski definition) is 3. The molecule has 0 aliphatic carbocycles. The molecule has 1 atom stereocenters. The van der Waals surface area contributed by atoms with Crippen molar-refractivity contribution in [3.05, 3.63) is 34.7 Å². The van der Waals surface area contributed by atoms with Crippen LogP contribution in [0.25, 0.3) is 11.0 Å². The second-order valence-corrected chi connectivity index (χ2v) is 5.45. The molecule has 2 aromatic rings. The molecule has 0 aliphatic rings. The lowest BCUT2D eigenvalue weighted by Gasteiger charge is -2.20. The number of aromatic amines is 1. The van der Waals surface area contributed by atoms with E-state index in [0.29, 0.717) is 6.54 Å². The zero-order chi connectivity index (χ0) is 17.0. The average molecular weight is 320 g/mol. The van der Waals surface area contributed by atoms with Crippen LogP contribution in [-0.2, 0) is 11.3 Å². The minimum Gasteiger partial charge on any atom is -0.481 e. The Hall–Kier alpha value is -2.77. The summed E-state index contributed by atoms with van der Waals surface area (Å²) < 4.78 is 1.55. The highest BCUT2D eigenvalue weighted by Gasteiger charge is 2.17. The first kappa shape index (κ1) is 16.6. The summed E-state index contributed by atoms with van der Waals surface area (Å²) in [4.78, 5) is 38.6. The fraction of sp³-hybridized carbons (Fsp3) is 0.400. The van der Waals surface area contributed by atoms with Crippen molar-refractivity contribution >= 4 is 23.0 Å². The number of carbonyl (C=O) groups is 2. The predicted molar refractivity (Wildman–Crippen MR) is 85.4 cm³/mol. The maximum atomic E-state index is 11.9. The fourth-order valence-electron chi connectivity index (χ4n) is 2.31. The minimum atomic E-state index is -0.949. The summed E-state index contributed by atoms with van der Waals surface area (Å²) in [7, 11) is 1.53. The number of aliphatic carboxylic acids is 1. The molecule has 2 amide bonds. The lowest BCUT2D eigenvalue weighted by atomic mass is 10.2. The van der Waals surface area contributed by atoms with Crippen molar-refractivity contribution in [3.8, 4) is 0 Å². The Morgan fingerprint density at radius 1 is 1.39 bits per heavy atom. The highest BCUT2D eigenvalue weighted by atomic mass is 16.4. The zero-order valence-electron chi connectivity index (χ0n) is 13.1. The van der Waals surface area contributed by atoms with Crippen LogP contribution in [0.5, 0.6) is 0 Å². The molecule has 0 fully saturated rings. The number of aromatic nitrogens is 2. The molecule has 1 unspecified atom stereocenters. The van der Waals surface area contributed by atoms with Crippen LogP contribution in [-0.4, -0.2) is 51.7 Å². The molecular weight excluding hydrogens is 300 g/mol. The molecule has 0 spiro atoms. The highest BCUT2D eigenvalue weighted by molar-refractivity contribution is 5.76. The summed E-state index contributed by atoms with van der Waals surface area (Å²) in [6.45, 7) is 2.26. The molecule has 0 saturated carbocycles. The summed E-state index contributed by atoms with van der Waals surface area (Å²) in [6, 6.07) is 6.95. The minimum absolute atomic E-state index is 0.119. The molecule has 23 heavy (non-hydrogen) atoms. The number of nitrogens with one attached hydrogen (secondary N) is 2. The van der Waals surface area contributed by atoms with E-state index in [9.17, 15) is 14.4 Å². The van der Waals surface area contributed by atoms with Crippen LogP contribution < -0.4 is 11.0 Å². The third-order valence-electron chi connectivity index (χ3n) is 3.61. The first-order valence-electron chi connectivity index (χ1n) is 7.29. The van der Waals surface area contributed by atoms with Gasteiger partial charge in [-0.15, -0.1) is 0 Å². The van der Waals surface area contributed by atoms with E-state index in [1.165, 1.54) is 18.9 Å². The topological polar surface area (TPSA) is 107 Å². The second-order valence-electron chi connectivity index (χ2n) is 5.45. The van der Waals surface area contributed by atoms with E-state index in [1.807, 2.05) is 24.3 Å². The van der Waals surface area contributed by atoms with Crippen LogP contribution in [0.3, 0.4) is 0 Å². The quantitative estimate of drug-likeness (QED) is 0.728. The molecule has 1 aromatic carbocycles. The van der Waals surface area contributed by atoms with E-state index >= 15 is 0 Å². The number of H-pyrrole nitrogens is 1. The average Bonchev–Trinajstić information content (AvgIpc) is 2.82. The number of imidazole rings is 1. The number of benzene rings is 1. The predicted octanol–water partition coefficient (Wildman–Crippen LogP) is 0.692. The van der Waals surface area contributed by atoms with Gasteiger partial charge in [-0.2, -0.15) is 0 Å². The number of carboxylic acids is 1. The zero-order valence-corrected chi connectivity index (χ0v) is 13.1. The first-order chi connectivity index (χ1) is 10.9. The van der Waals surface area contributed by atoms with E-state index in [2.05, 4.69) is 10.3 Å². The van der Waals surface area contributed by atoms with Crippen molar-refractivity contribution in [1.82, 2.24) is 19.8 Å². The van der Waals surface area contributed by atoms with Gasteiger partial charge >= 0.3 is 17.7 Å². The second kappa shape index (κ2) is 6.99. The van der Waals surface area contributed by atoms with Crippen LogP contribution in [0.1, 0.15) is 6.92 Å². The van der Waals surface area contributed by atoms with Gasteiger partial charge in [0.25, 0.3) is 0 Å². The number of rotatable bonds is 6. The number of amides is 2. The number of urea groups is 1. The lowest BCUT2D eigenvalue weighted by Crippen LogP contribution is -2.42. The van der Waals surface area contributed by atoms with Crippen molar-refractivity contribution in [1.29, 1.82) is 0 Å². The van der Waals surface area contributed by atoms with E-state index in [-0.39, 0.29) is 24.8 Å².